The Morgan fingerprint density at radius 2 is 1.96 bits per heavy atom. The summed E-state index contributed by atoms with van der Waals surface area (Å²) < 4.78 is 3.38. The van der Waals surface area contributed by atoms with E-state index in [9.17, 15) is 4.79 Å². The van der Waals surface area contributed by atoms with Crippen LogP contribution in [0, 0.1) is 0 Å². The molecule has 0 aliphatic heterocycles. The molecule has 0 bridgehead atoms. The van der Waals surface area contributed by atoms with E-state index in [0.29, 0.717) is 12.3 Å². The highest BCUT2D eigenvalue weighted by Crippen LogP contribution is 2.31. The number of para-hydroxylation sites is 1. The smallest absolute Gasteiger partial charge is 0.237 e. The van der Waals surface area contributed by atoms with Crippen LogP contribution >= 0.6 is 23.1 Å². The van der Waals surface area contributed by atoms with Gasteiger partial charge in [-0.1, -0.05) is 36.9 Å². The number of hydrogen-bond acceptors (Lipinski definition) is 5. The lowest BCUT2D eigenvalue weighted by atomic mass is 10.3. The van der Waals surface area contributed by atoms with E-state index in [0.717, 1.165) is 34.0 Å². The van der Waals surface area contributed by atoms with Crippen molar-refractivity contribution in [1.29, 1.82) is 0 Å². The second-order valence-corrected chi connectivity index (χ2v) is 7.98. The Balaban J connectivity index is 1.61. The van der Waals surface area contributed by atoms with E-state index in [1.807, 2.05) is 37.3 Å². The van der Waals surface area contributed by atoms with Crippen LogP contribution in [0.2, 0.25) is 0 Å². The Bertz CT molecular complexity index is 1090. The molecule has 0 aliphatic rings. The summed E-state index contributed by atoms with van der Waals surface area (Å²) in [6, 6.07) is 14.0. The van der Waals surface area contributed by atoms with Crippen LogP contribution in [-0.2, 0) is 11.2 Å². The van der Waals surface area contributed by atoms with E-state index in [-0.39, 0.29) is 5.91 Å². The van der Waals surface area contributed by atoms with Gasteiger partial charge in [0.2, 0.25) is 5.91 Å². The van der Waals surface area contributed by atoms with Gasteiger partial charge in [0, 0.05) is 18.7 Å². The maximum atomic E-state index is 12.8. The van der Waals surface area contributed by atoms with Crippen LogP contribution in [-0.4, -0.2) is 32.8 Å². The molecule has 0 N–H and O–H groups in total. The average molecular weight is 397 g/mol. The zero-order valence-electron chi connectivity index (χ0n) is 15.3. The summed E-state index contributed by atoms with van der Waals surface area (Å²) in [6.07, 6.45) is 0.810. The molecule has 138 valence electrons. The predicted molar refractivity (Wildman–Crippen MR) is 113 cm³/mol. The summed E-state index contributed by atoms with van der Waals surface area (Å²) >= 11 is 3.16. The number of rotatable bonds is 6. The van der Waals surface area contributed by atoms with Crippen molar-refractivity contribution in [2.75, 3.05) is 17.2 Å². The number of benzene rings is 1. The number of aromatic nitrogens is 3. The first-order valence-electron chi connectivity index (χ1n) is 8.95. The number of nitrogens with zero attached hydrogens (tertiary/aromatic N) is 4. The number of thiophene rings is 1. The van der Waals surface area contributed by atoms with Gasteiger partial charge in [-0.15, -0.1) is 21.5 Å². The third-order valence-electron chi connectivity index (χ3n) is 4.49. The number of thioether (sulfide) groups is 1. The topological polar surface area (TPSA) is 50.5 Å². The lowest BCUT2D eigenvalue weighted by Gasteiger charge is -2.20. The zero-order chi connectivity index (χ0) is 18.8. The lowest BCUT2D eigenvalue weighted by molar-refractivity contribution is -0.116. The van der Waals surface area contributed by atoms with Crippen molar-refractivity contribution in [3.8, 4) is 0 Å². The molecule has 3 heterocycles. The molecule has 0 unspecified atom stereocenters. The molecule has 1 amide bonds. The van der Waals surface area contributed by atoms with Gasteiger partial charge in [0.15, 0.2) is 0 Å². The Labute approximate surface area is 166 Å². The lowest BCUT2D eigenvalue weighted by Crippen LogP contribution is -2.32. The number of fused-ring (bicyclic) bond motifs is 3. The van der Waals surface area contributed by atoms with Gasteiger partial charge >= 0.3 is 0 Å². The van der Waals surface area contributed by atoms with E-state index < -0.39 is 0 Å². The van der Waals surface area contributed by atoms with Gasteiger partial charge < -0.3 is 4.90 Å². The number of aryl methyl sites for hydroxylation is 1. The monoisotopic (exact) mass is 396 g/mol. The predicted octanol–water partition coefficient (Wildman–Crippen LogP) is 4.65. The van der Waals surface area contributed by atoms with Gasteiger partial charge in [0.05, 0.1) is 21.5 Å². The summed E-state index contributed by atoms with van der Waals surface area (Å²) in [5.74, 6) is 1.34. The van der Waals surface area contributed by atoms with Gasteiger partial charge in [0.1, 0.15) is 10.9 Å². The number of amides is 1. The number of carbonyl (C=O) groups is 1. The molecule has 7 heteroatoms. The van der Waals surface area contributed by atoms with E-state index >= 15 is 0 Å². The molecule has 27 heavy (non-hydrogen) atoms. The van der Waals surface area contributed by atoms with Gasteiger partial charge in [-0.25, -0.2) is 0 Å². The largest absolute Gasteiger partial charge is 0.312 e. The fourth-order valence-electron chi connectivity index (χ4n) is 3.21. The van der Waals surface area contributed by atoms with Gasteiger partial charge in [-0.05, 0) is 36.6 Å². The number of hydrogen-bond donors (Lipinski definition) is 0. The minimum atomic E-state index is 0.0709. The quantitative estimate of drug-likeness (QED) is 0.445. The fraction of sp³-hybridized carbons (Fsp3) is 0.250. The molecular weight excluding hydrogens is 376 g/mol. The SMILES string of the molecule is CCc1nnc(SCC(=O)N(CC)c2ccccc2)c2cc3sccc3n12. The van der Waals surface area contributed by atoms with E-state index in [1.165, 1.54) is 16.5 Å². The highest BCUT2D eigenvalue weighted by Gasteiger charge is 2.18. The molecule has 0 aliphatic carbocycles. The summed E-state index contributed by atoms with van der Waals surface area (Å²) in [5, 5.41) is 11.7. The van der Waals surface area contributed by atoms with Crippen LogP contribution in [0.15, 0.2) is 52.9 Å². The van der Waals surface area contributed by atoms with Crippen LogP contribution < -0.4 is 4.90 Å². The summed E-state index contributed by atoms with van der Waals surface area (Å²) in [4.78, 5) is 14.6. The van der Waals surface area contributed by atoms with Gasteiger partial charge in [-0.2, -0.15) is 0 Å². The molecule has 0 fully saturated rings. The molecular formula is C20H20N4OS2. The van der Waals surface area contributed by atoms with Crippen LogP contribution in [0.3, 0.4) is 0 Å². The molecule has 3 aromatic heterocycles. The van der Waals surface area contributed by atoms with Gasteiger partial charge in [0.25, 0.3) is 0 Å². The Kier molecular flexibility index (Phi) is 5.13. The number of carbonyl (C=O) groups excluding carboxylic acids is 1. The molecule has 1 aromatic carbocycles. The van der Waals surface area contributed by atoms with Crippen molar-refractivity contribution in [3.63, 3.8) is 0 Å². The zero-order valence-corrected chi connectivity index (χ0v) is 16.9. The summed E-state index contributed by atoms with van der Waals surface area (Å²) in [6.45, 7) is 4.71. The van der Waals surface area contributed by atoms with Crippen LogP contribution in [0.5, 0.6) is 0 Å². The Morgan fingerprint density at radius 1 is 1.15 bits per heavy atom. The second-order valence-electron chi connectivity index (χ2n) is 6.07. The van der Waals surface area contributed by atoms with Crippen LogP contribution in [0.1, 0.15) is 19.7 Å². The van der Waals surface area contributed by atoms with Crippen molar-refractivity contribution in [2.45, 2.75) is 25.3 Å². The Morgan fingerprint density at radius 3 is 2.70 bits per heavy atom. The van der Waals surface area contributed by atoms with Crippen molar-refractivity contribution in [1.82, 2.24) is 14.6 Å². The first-order valence-corrected chi connectivity index (χ1v) is 10.8. The molecule has 0 saturated heterocycles. The maximum Gasteiger partial charge on any atom is 0.237 e. The van der Waals surface area contributed by atoms with Gasteiger partial charge in [-0.3, -0.25) is 9.20 Å². The summed E-state index contributed by atoms with van der Waals surface area (Å²) in [5.41, 5.74) is 3.12. The second kappa shape index (κ2) is 7.70. The van der Waals surface area contributed by atoms with E-state index in [4.69, 9.17) is 0 Å². The first-order chi connectivity index (χ1) is 13.2. The standard InChI is InChI=1S/C20H20N4OS2/c1-3-18-21-22-20(16-12-17-15(24(16)18)10-11-26-17)27-13-19(25)23(4-2)14-8-6-5-7-9-14/h5-12H,3-4,13H2,1-2H3. The molecule has 0 atom stereocenters. The highest BCUT2D eigenvalue weighted by atomic mass is 32.2. The third kappa shape index (κ3) is 3.33. The van der Waals surface area contributed by atoms with E-state index in [1.54, 1.807) is 16.2 Å². The fourth-order valence-corrected chi connectivity index (χ4v) is 4.83. The molecule has 0 spiro atoms. The van der Waals surface area contributed by atoms with Crippen molar-refractivity contribution < 1.29 is 4.79 Å². The number of anilines is 1. The average Bonchev–Trinajstić information content (AvgIpc) is 3.29. The minimum Gasteiger partial charge on any atom is -0.312 e. The first kappa shape index (κ1) is 18.0. The molecule has 5 nitrogen and oxygen atoms in total. The maximum absolute atomic E-state index is 12.8. The normalized spacial score (nSPS) is 11.3. The van der Waals surface area contributed by atoms with Crippen molar-refractivity contribution in [2.24, 2.45) is 0 Å². The molecule has 4 aromatic rings. The molecule has 0 saturated carbocycles. The molecule has 4 rings (SSSR count). The minimum absolute atomic E-state index is 0.0709. The Hall–Kier alpha value is -2.38. The van der Waals surface area contributed by atoms with Crippen LogP contribution in [0.25, 0.3) is 15.7 Å². The highest BCUT2D eigenvalue weighted by molar-refractivity contribution is 8.00. The third-order valence-corrected chi connectivity index (χ3v) is 6.30. The summed E-state index contributed by atoms with van der Waals surface area (Å²) in [7, 11) is 0. The van der Waals surface area contributed by atoms with Crippen LogP contribution in [0.4, 0.5) is 5.69 Å². The van der Waals surface area contributed by atoms with Crippen molar-refractivity contribution >= 4 is 50.4 Å². The van der Waals surface area contributed by atoms with Crippen molar-refractivity contribution in [3.05, 3.63) is 53.7 Å². The molecule has 0 radical (unpaired) electrons. The van der Waals surface area contributed by atoms with E-state index in [2.05, 4.69) is 39.0 Å².